The van der Waals surface area contributed by atoms with Crippen molar-refractivity contribution in [1.29, 1.82) is 0 Å². The van der Waals surface area contributed by atoms with Gasteiger partial charge in [-0.05, 0) is 37.3 Å². The van der Waals surface area contributed by atoms with Gasteiger partial charge in [0.05, 0.1) is 10.6 Å². The maximum absolute atomic E-state index is 13.5. The zero-order chi connectivity index (χ0) is 20.9. The summed E-state index contributed by atoms with van der Waals surface area (Å²) in [5.41, 5.74) is -4.55. The predicted octanol–water partition coefficient (Wildman–Crippen LogP) is 4.81. The number of aromatic nitrogens is 2. The molecule has 0 bridgehead atoms. The molecule has 0 amide bonds. The lowest BCUT2D eigenvalue weighted by Gasteiger charge is -2.26. The highest BCUT2D eigenvalue weighted by molar-refractivity contribution is 6.32. The number of hydrogen-bond acceptors (Lipinski definition) is 2. The number of halogens is 7. The summed E-state index contributed by atoms with van der Waals surface area (Å²) in [6, 6.07) is 0.649. The first-order chi connectivity index (χ1) is 12.9. The molecule has 28 heavy (non-hydrogen) atoms. The van der Waals surface area contributed by atoms with Gasteiger partial charge in [-0.1, -0.05) is 17.5 Å². The Balaban J connectivity index is 2.22. The van der Waals surface area contributed by atoms with E-state index in [-0.39, 0.29) is 22.8 Å². The maximum atomic E-state index is 13.5. The first-order valence-corrected chi connectivity index (χ1v) is 8.51. The molecule has 2 aromatic heterocycles. The quantitative estimate of drug-likeness (QED) is 0.557. The highest BCUT2D eigenvalue weighted by Gasteiger charge is 2.56. The smallest absolute Gasteiger partial charge is 0.366 e. The monoisotopic (exact) mass is 422 g/mol. The molecular weight excluding hydrogens is 410 g/mol. The Labute approximate surface area is 160 Å². The lowest BCUT2D eigenvalue weighted by molar-refractivity contribution is -0.241. The summed E-state index contributed by atoms with van der Waals surface area (Å²) in [5, 5.41) is 9.80. The fourth-order valence-electron chi connectivity index (χ4n) is 3.31. The van der Waals surface area contributed by atoms with Crippen LogP contribution in [0.2, 0.25) is 5.02 Å². The van der Waals surface area contributed by atoms with Crippen molar-refractivity contribution >= 4 is 11.6 Å². The number of alkyl halides is 6. The van der Waals surface area contributed by atoms with Gasteiger partial charge in [-0.3, -0.25) is 0 Å². The molecule has 1 unspecified atom stereocenters. The third-order valence-corrected chi connectivity index (χ3v) is 4.98. The van der Waals surface area contributed by atoms with E-state index in [9.17, 15) is 31.4 Å². The lowest BCUT2D eigenvalue weighted by atomic mass is 9.87. The molecule has 1 atom stereocenters. The Morgan fingerprint density at radius 1 is 1.14 bits per heavy atom. The van der Waals surface area contributed by atoms with E-state index in [0.29, 0.717) is 37.2 Å². The Bertz CT molecular complexity index is 957. The minimum absolute atomic E-state index is 0.166. The van der Waals surface area contributed by atoms with E-state index in [1.165, 1.54) is 10.5 Å². The number of rotatable bonds is 2. The fraction of sp³-hybridized carbons (Fsp3) is 0.389. The minimum Gasteiger partial charge on any atom is -0.366 e. The molecule has 0 radical (unpaired) electrons. The molecule has 0 saturated heterocycles. The van der Waals surface area contributed by atoms with E-state index in [1.807, 2.05) is 0 Å². The van der Waals surface area contributed by atoms with E-state index in [0.717, 1.165) is 6.20 Å². The van der Waals surface area contributed by atoms with Crippen LogP contribution in [0.1, 0.15) is 35.2 Å². The van der Waals surface area contributed by atoms with Crippen molar-refractivity contribution in [2.75, 3.05) is 0 Å². The van der Waals surface area contributed by atoms with Gasteiger partial charge in [0.15, 0.2) is 5.82 Å². The molecule has 150 valence electrons. The summed E-state index contributed by atoms with van der Waals surface area (Å²) in [6.45, 7) is 0. The second-order valence-corrected chi connectivity index (χ2v) is 6.83. The number of fused-ring (bicyclic) bond motifs is 1. The predicted molar refractivity (Wildman–Crippen MR) is 89.0 cm³/mol. The maximum Gasteiger partial charge on any atom is 0.433 e. The summed E-state index contributed by atoms with van der Waals surface area (Å²) >= 11 is 5.95. The van der Waals surface area contributed by atoms with Crippen LogP contribution in [0.4, 0.5) is 26.3 Å². The van der Waals surface area contributed by atoms with E-state index in [1.54, 1.807) is 0 Å². The zero-order valence-corrected chi connectivity index (χ0v) is 14.9. The summed E-state index contributed by atoms with van der Waals surface area (Å²) < 4.78 is 80.1. The van der Waals surface area contributed by atoms with Gasteiger partial charge in [-0.15, -0.1) is 6.42 Å². The highest BCUT2D eigenvalue weighted by atomic mass is 35.5. The summed E-state index contributed by atoms with van der Waals surface area (Å²) in [6.07, 6.45) is -1.49. The number of aliphatic hydroxyl groups is 1. The van der Waals surface area contributed by atoms with E-state index in [2.05, 4.69) is 4.98 Å². The second-order valence-electron chi connectivity index (χ2n) is 6.42. The van der Waals surface area contributed by atoms with Gasteiger partial charge in [-0.2, -0.15) is 26.3 Å². The molecule has 1 N–H and O–H groups in total. The standard InChI is InChI=1S/C18H13ClF6N2O/c1-2-16(28,18(23,24)25)12-9-27(14-6-4-3-5-11(12)14)15-13(19)7-10(8-26-15)17(20,21)22/h1,7-9,28H,3-6H2. The fourth-order valence-corrected chi connectivity index (χ4v) is 3.56. The highest BCUT2D eigenvalue weighted by Crippen LogP contribution is 2.44. The molecule has 3 rings (SSSR count). The summed E-state index contributed by atoms with van der Waals surface area (Å²) in [7, 11) is 0. The Morgan fingerprint density at radius 2 is 1.79 bits per heavy atom. The molecule has 0 fully saturated rings. The molecule has 0 spiro atoms. The van der Waals surface area contributed by atoms with Crippen LogP contribution in [0.25, 0.3) is 5.82 Å². The van der Waals surface area contributed by atoms with Crippen LogP contribution in [0.15, 0.2) is 18.5 Å². The van der Waals surface area contributed by atoms with Crippen LogP contribution < -0.4 is 0 Å². The summed E-state index contributed by atoms with van der Waals surface area (Å²) in [5.74, 6) is 1.24. The first kappa shape index (κ1) is 20.6. The van der Waals surface area contributed by atoms with E-state index in [4.69, 9.17) is 18.0 Å². The SMILES string of the molecule is C#CC(O)(c1cn(-c2ncc(C(F)(F)F)cc2Cl)c2c1CCCC2)C(F)(F)F. The Morgan fingerprint density at radius 3 is 2.32 bits per heavy atom. The van der Waals surface area contributed by atoms with Crippen LogP contribution >= 0.6 is 11.6 Å². The van der Waals surface area contributed by atoms with Crippen molar-refractivity contribution in [1.82, 2.24) is 9.55 Å². The van der Waals surface area contributed by atoms with Crippen LogP contribution in [0.5, 0.6) is 0 Å². The Hall–Kier alpha value is -2.18. The molecule has 2 heterocycles. The average Bonchev–Trinajstić information content (AvgIpc) is 2.99. The van der Waals surface area contributed by atoms with Crippen LogP contribution in [-0.2, 0) is 24.6 Å². The van der Waals surface area contributed by atoms with Gasteiger partial charge < -0.3 is 9.67 Å². The van der Waals surface area contributed by atoms with Crippen molar-refractivity contribution < 1.29 is 31.4 Å². The van der Waals surface area contributed by atoms with E-state index < -0.39 is 29.1 Å². The van der Waals surface area contributed by atoms with Crippen molar-refractivity contribution in [2.45, 2.75) is 43.6 Å². The molecule has 0 saturated carbocycles. The third-order valence-electron chi connectivity index (χ3n) is 4.70. The molecule has 1 aliphatic rings. The average molecular weight is 423 g/mol. The molecule has 2 aromatic rings. The topological polar surface area (TPSA) is 38.0 Å². The molecule has 0 aromatic carbocycles. The zero-order valence-electron chi connectivity index (χ0n) is 14.1. The molecule has 1 aliphatic carbocycles. The van der Waals surface area contributed by atoms with Gasteiger partial charge in [0.1, 0.15) is 0 Å². The van der Waals surface area contributed by atoms with Gasteiger partial charge in [0, 0.05) is 23.7 Å². The van der Waals surface area contributed by atoms with Gasteiger partial charge in [-0.25, -0.2) is 4.98 Å². The van der Waals surface area contributed by atoms with Crippen molar-refractivity contribution in [2.24, 2.45) is 0 Å². The number of terminal acetylenes is 1. The minimum atomic E-state index is -5.14. The van der Waals surface area contributed by atoms with Crippen molar-refractivity contribution in [3.63, 3.8) is 0 Å². The number of nitrogens with zero attached hydrogens (tertiary/aromatic N) is 2. The van der Waals surface area contributed by atoms with Crippen LogP contribution in [0.3, 0.4) is 0 Å². The summed E-state index contributed by atoms with van der Waals surface area (Å²) in [4.78, 5) is 3.70. The Kier molecular flexibility index (Phi) is 4.92. The molecule has 10 heteroatoms. The van der Waals surface area contributed by atoms with Crippen molar-refractivity contribution in [3.8, 4) is 18.2 Å². The molecule has 0 aliphatic heterocycles. The van der Waals surface area contributed by atoms with Crippen LogP contribution in [-0.4, -0.2) is 20.8 Å². The molecular formula is C18H13ClF6N2O. The largest absolute Gasteiger partial charge is 0.433 e. The van der Waals surface area contributed by atoms with Gasteiger partial charge >= 0.3 is 12.4 Å². The first-order valence-electron chi connectivity index (χ1n) is 8.13. The number of hydrogen-bond donors (Lipinski definition) is 1. The lowest BCUT2D eigenvalue weighted by Crippen LogP contribution is -2.41. The molecule has 3 nitrogen and oxygen atoms in total. The van der Waals surface area contributed by atoms with E-state index >= 15 is 0 Å². The van der Waals surface area contributed by atoms with Gasteiger partial charge in [0.2, 0.25) is 5.60 Å². The van der Waals surface area contributed by atoms with Crippen LogP contribution in [0, 0.1) is 12.3 Å². The second kappa shape index (κ2) is 6.71. The van der Waals surface area contributed by atoms with Crippen molar-refractivity contribution in [3.05, 3.63) is 45.9 Å². The third kappa shape index (κ3) is 3.25. The normalized spacial score (nSPS) is 17.0. The number of pyridine rings is 1. The van der Waals surface area contributed by atoms with Gasteiger partial charge in [0.25, 0.3) is 0 Å².